The lowest BCUT2D eigenvalue weighted by Gasteiger charge is -2.17. The molecule has 0 spiro atoms. The zero-order valence-corrected chi connectivity index (χ0v) is 12.6. The zero-order valence-electron chi connectivity index (χ0n) is 12.6. The molecule has 0 aromatic heterocycles. The summed E-state index contributed by atoms with van der Waals surface area (Å²) in [6, 6.07) is 0.490. The van der Waals surface area contributed by atoms with E-state index in [0.29, 0.717) is 19.2 Å². The fraction of sp³-hybridized carbons (Fsp3) is 1.00. The average molecular weight is 259 g/mol. The van der Waals surface area contributed by atoms with Gasteiger partial charge in [0.05, 0.1) is 12.7 Å². The minimum atomic E-state index is -0.375. The average Bonchev–Trinajstić information content (AvgIpc) is 2.38. The van der Waals surface area contributed by atoms with E-state index < -0.39 is 0 Å². The number of rotatable bonds is 13. The smallest absolute Gasteiger partial charge is 0.0897 e. The van der Waals surface area contributed by atoms with E-state index >= 15 is 0 Å². The Morgan fingerprint density at radius 1 is 1.06 bits per heavy atom. The van der Waals surface area contributed by atoms with Gasteiger partial charge in [0.1, 0.15) is 0 Å². The molecular weight excluding hydrogens is 226 g/mol. The molecule has 0 radical (unpaired) electrons. The third-order valence-corrected chi connectivity index (χ3v) is 3.15. The highest BCUT2D eigenvalue weighted by Crippen LogP contribution is 2.01. The van der Waals surface area contributed by atoms with Gasteiger partial charge in [0.2, 0.25) is 0 Å². The molecule has 0 amide bonds. The van der Waals surface area contributed by atoms with Crippen molar-refractivity contribution in [3.8, 4) is 0 Å². The molecule has 0 saturated carbocycles. The van der Waals surface area contributed by atoms with Gasteiger partial charge in [-0.25, -0.2) is 0 Å². The van der Waals surface area contributed by atoms with Gasteiger partial charge < -0.3 is 15.2 Å². The molecule has 2 atom stereocenters. The van der Waals surface area contributed by atoms with Crippen molar-refractivity contribution in [2.45, 2.75) is 77.9 Å². The molecule has 0 bridgehead atoms. The number of unbranched alkanes of at least 4 members (excludes halogenated alkanes) is 4. The lowest BCUT2D eigenvalue weighted by atomic mass is 10.1. The van der Waals surface area contributed by atoms with Crippen molar-refractivity contribution in [1.82, 2.24) is 5.32 Å². The number of nitrogens with one attached hydrogen (secondary N) is 1. The van der Waals surface area contributed by atoms with Gasteiger partial charge in [-0.2, -0.15) is 0 Å². The molecule has 0 aromatic rings. The van der Waals surface area contributed by atoms with Crippen LogP contribution in [-0.2, 0) is 4.74 Å². The Morgan fingerprint density at radius 2 is 1.78 bits per heavy atom. The van der Waals surface area contributed by atoms with Crippen LogP contribution in [0.3, 0.4) is 0 Å². The fourth-order valence-electron chi connectivity index (χ4n) is 1.86. The second-order valence-electron chi connectivity index (χ2n) is 5.24. The summed E-state index contributed by atoms with van der Waals surface area (Å²) in [5.41, 5.74) is 0. The minimum Gasteiger partial charge on any atom is -0.389 e. The highest BCUT2D eigenvalue weighted by Gasteiger charge is 2.06. The van der Waals surface area contributed by atoms with E-state index in [-0.39, 0.29) is 6.10 Å². The lowest BCUT2D eigenvalue weighted by Crippen LogP contribution is -2.36. The highest BCUT2D eigenvalue weighted by molar-refractivity contribution is 4.64. The van der Waals surface area contributed by atoms with Crippen molar-refractivity contribution in [3.05, 3.63) is 0 Å². The summed E-state index contributed by atoms with van der Waals surface area (Å²) in [6.45, 7) is 8.46. The monoisotopic (exact) mass is 259 g/mol. The lowest BCUT2D eigenvalue weighted by molar-refractivity contribution is 0.0342. The molecule has 0 fully saturated rings. The van der Waals surface area contributed by atoms with Crippen LogP contribution in [0.2, 0.25) is 0 Å². The second-order valence-corrected chi connectivity index (χ2v) is 5.24. The molecule has 18 heavy (non-hydrogen) atoms. The van der Waals surface area contributed by atoms with Gasteiger partial charge in [-0.15, -0.1) is 0 Å². The van der Waals surface area contributed by atoms with Crippen molar-refractivity contribution in [2.24, 2.45) is 0 Å². The molecule has 0 aromatic carbocycles. The highest BCUT2D eigenvalue weighted by atomic mass is 16.5. The van der Waals surface area contributed by atoms with E-state index in [1.54, 1.807) is 0 Å². The molecule has 3 nitrogen and oxygen atoms in total. The van der Waals surface area contributed by atoms with Crippen molar-refractivity contribution in [3.63, 3.8) is 0 Å². The first-order chi connectivity index (χ1) is 8.70. The Morgan fingerprint density at radius 3 is 2.44 bits per heavy atom. The predicted molar refractivity (Wildman–Crippen MR) is 78.0 cm³/mol. The van der Waals surface area contributed by atoms with Gasteiger partial charge in [0.15, 0.2) is 0 Å². The van der Waals surface area contributed by atoms with Crippen LogP contribution in [0.5, 0.6) is 0 Å². The molecule has 2 unspecified atom stereocenters. The Kier molecular flexibility index (Phi) is 13.2. The van der Waals surface area contributed by atoms with Crippen molar-refractivity contribution in [2.75, 3.05) is 19.8 Å². The SMILES string of the molecule is CCCCCCOCC(O)CNC(C)CCCC. The molecule has 110 valence electrons. The van der Waals surface area contributed by atoms with Gasteiger partial charge in [-0.3, -0.25) is 0 Å². The molecule has 3 heteroatoms. The maximum atomic E-state index is 9.74. The summed E-state index contributed by atoms with van der Waals surface area (Å²) >= 11 is 0. The first-order valence-electron chi connectivity index (χ1n) is 7.69. The van der Waals surface area contributed by atoms with Gasteiger partial charge in [-0.1, -0.05) is 46.0 Å². The van der Waals surface area contributed by atoms with E-state index in [1.807, 2.05) is 0 Å². The third kappa shape index (κ3) is 12.3. The molecule has 0 aliphatic rings. The summed E-state index contributed by atoms with van der Waals surface area (Å²) in [5, 5.41) is 13.1. The van der Waals surface area contributed by atoms with Crippen molar-refractivity contribution < 1.29 is 9.84 Å². The first kappa shape index (κ1) is 17.9. The van der Waals surface area contributed by atoms with Crippen molar-refractivity contribution in [1.29, 1.82) is 0 Å². The Hall–Kier alpha value is -0.120. The Labute approximate surface area is 113 Å². The van der Waals surface area contributed by atoms with Gasteiger partial charge >= 0.3 is 0 Å². The third-order valence-electron chi connectivity index (χ3n) is 3.15. The summed E-state index contributed by atoms with van der Waals surface area (Å²) in [6.07, 6.45) is 8.17. The van der Waals surface area contributed by atoms with Gasteiger partial charge in [-0.05, 0) is 19.8 Å². The van der Waals surface area contributed by atoms with E-state index in [2.05, 4.69) is 26.1 Å². The summed E-state index contributed by atoms with van der Waals surface area (Å²) < 4.78 is 5.47. The summed E-state index contributed by atoms with van der Waals surface area (Å²) in [7, 11) is 0. The van der Waals surface area contributed by atoms with Crippen LogP contribution < -0.4 is 5.32 Å². The summed E-state index contributed by atoms with van der Waals surface area (Å²) in [5.74, 6) is 0. The van der Waals surface area contributed by atoms with E-state index in [9.17, 15) is 5.11 Å². The number of hydrogen-bond donors (Lipinski definition) is 2. The van der Waals surface area contributed by atoms with Crippen LogP contribution in [-0.4, -0.2) is 37.0 Å². The number of hydrogen-bond acceptors (Lipinski definition) is 3. The van der Waals surface area contributed by atoms with Crippen LogP contribution in [0.4, 0.5) is 0 Å². The molecule has 0 aliphatic carbocycles. The van der Waals surface area contributed by atoms with E-state index in [0.717, 1.165) is 13.0 Å². The fourth-order valence-corrected chi connectivity index (χ4v) is 1.86. The van der Waals surface area contributed by atoms with E-state index in [4.69, 9.17) is 4.74 Å². The Bertz CT molecular complexity index is 165. The normalized spacial score (nSPS) is 14.7. The second kappa shape index (κ2) is 13.3. The zero-order chi connectivity index (χ0) is 13.6. The largest absolute Gasteiger partial charge is 0.389 e. The first-order valence-corrected chi connectivity index (χ1v) is 7.69. The quantitative estimate of drug-likeness (QED) is 0.499. The minimum absolute atomic E-state index is 0.375. The predicted octanol–water partition coefficient (Wildman–Crippen LogP) is 3.11. The van der Waals surface area contributed by atoms with Gasteiger partial charge in [0, 0.05) is 19.2 Å². The van der Waals surface area contributed by atoms with Crippen LogP contribution >= 0.6 is 0 Å². The van der Waals surface area contributed by atoms with Crippen LogP contribution in [0.15, 0.2) is 0 Å². The molecule has 0 heterocycles. The summed E-state index contributed by atoms with van der Waals surface area (Å²) in [4.78, 5) is 0. The van der Waals surface area contributed by atoms with Crippen LogP contribution in [0, 0.1) is 0 Å². The molecule has 0 saturated heterocycles. The molecule has 2 N–H and O–H groups in total. The topological polar surface area (TPSA) is 41.5 Å². The number of ether oxygens (including phenoxy) is 1. The van der Waals surface area contributed by atoms with Gasteiger partial charge in [0.25, 0.3) is 0 Å². The maximum Gasteiger partial charge on any atom is 0.0897 e. The molecule has 0 aliphatic heterocycles. The molecular formula is C15H33NO2. The standard InChI is InChI=1S/C15H33NO2/c1-4-6-8-9-11-18-13-15(17)12-16-14(3)10-7-5-2/h14-17H,4-13H2,1-3H3. The number of aliphatic hydroxyl groups excluding tert-OH is 1. The number of aliphatic hydroxyl groups is 1. The van der Waals surface area contributed by atoms with Crippen LogP contribution in [0.1, 0.15) is 65.7 Å². The Balaban J connectivity index is 3.28. The molecule has 0 rings (SSSR count). The maximum absolute atomic E-state index is 9.74. The van der Waals surface area contributed by atoms with E-state index in [1.165, 1.54) is 38.5 Å². The van der Waals surface area contributed by atoms with Crippen LogP contribution in [0.25, 0.3) is 0 Å². The van der Waals surface area contributed by atoms with Crippen molar-refractivity contribution >= 4 is 0 Å².